The molecule has 1 aromatic rings. The highest BCUT2D eigenvalue weighted by Gasteiger charge is 2.27. The van der Waals surface area contributed by atoms with Crippen molar-refractivity contribution in [2.24, 2.45) is 0 Å². The molecule has 0 bridgehead atoms. The van der Waals surface area contributed by atoms with E-state index >= 15 is 0 Å². The first-order valence-electron chi connectivity index (χ1n) is 7.00. The zero-order valence-electron chi connectivity index (χ0n) is 12.1. The maximum Gasteiger partial charge on any atom is 0.326 e. The third-order valence-electron chi connectivity index (χ3n) is 3.11. The predicted molar refractivity (Wildman–Crippen MR) is 75.5 cm³/mol. The molecule has 0 spiro atoms. The molecule has 0 radical (unpaired) electrons. The summed E-state index contributed by atoms with van der Waals surface area (Å²) in [7, 11) is 0. The molecule has 7 heteroatoms. The zero-order chi connectivity index (χ0) is 16.1. The molecule has 0 heterocycles. The van der Waals surface area contributed by atoms with Gasteiger partial charge in [0.05, 0.1) is 5.56 Å². The van der Waals surface area contributed by atoms with E-state index in [1.165, 1.54) is 25.1 Å². The number of carbonyl (C=O) groups excluding carboxylic acids is 3. The van der Waals surface area contributed by atoms with E-state index in [1.54, 1.807) is 0 Å². The zero-order valence-corrected chi connectivity index (χ0v) is 12.1. The van der Waals surface area contributed by atoms with Gasteiger partial charge in [0.15, 0.2) is 6.10 Å². The normalized spacial score (nSPS) is 14.8. The van der Waals surface area contributed by atoms with Crippen LogP contribution in [0, 0.1) is 5.82 Å². The van der Waals surface area contributed by atoms with E-state index in [0.29, 0.717) is 0 Å². The standard InChI is InChI=1S/C15H17FN2O4/c1-9(14(20)18-10-6-7-10)22-13(19)8-17-15(21)11-4-2-3-5-12(11)16/h2-5,9-10H,6-8H2,1H3,(H,17,21)(H,18,20)/t9-/m0/s1. The highest BCUT2D eigenvalue weighted by atomic mass is 19.1. The second-order valence-electron chi connectivity index (χ2n) is 5.08. The fourth-order valence-corrected chi connectivity index (χ4v) is 1.73. The third-order valence-corrected chi connectivity index (χ3v) is 3.11. The van der Waals surface area contributed by atoms with Crippen LogP contribution in [0.4, 0.5) is 4.39 Å². The molecule has 0 saturated heterocycles. The number of halogens is 1. The van der Waals surface area contributed by atoms with Crippen molar-refractivity contribution in [3.05, 3.63) is 35.6 Å². The number of hydrogen-bond acceptors (Lipinski definition) is 4. The maximum absolute atomic E-state index is 13.4. The van der Waals surface area contributed by atoms with Crippen LogP contribution < -0.4 is 10.6 Å². The molecule has 1 atom stereocenters. The van der Waals surface area contributed by atoms with E-state index in [4.69, 9.17) is 4.74 Å². The predicted octanol–water partition coefficient (Wildman–Crippen LogP) is 0.766. The lowest BCUT2D eigenvalue weighted by Crippen LogP contribution is -2.39. The summed E-state index contributed by atoms with van der Waals surface area (Å²) in [6, 6.07) is 5.61. The second-order valence-corrected chi connectivity index (χ2v) is 5.08. The van der Waals surface area contributed by atoms with Gasteiger partial charge >= 0.3 is 5.97 Å². The van der Waals surface area contributed by atoms with Crippen LogP contribution in [-0.4, -0.2) is 36.5 Å². The van der Waals surface area contributed by atoms with E-state index < -0.39 is 30.3 Å². The van der Waals surface area contributed by atoms with E-state index in [-0.39, 0.29) is 17.5 Å². The van der Waals surface area contributed by atoms with Crippen LogP contribution in [0.2, 0.25) is 0 Å². The van der Waals surface area contributed by atoms with Crippen LogP contribution in [0.1, 0.15) is 30.1 Å². The molecule has 2 rings (SSSR count). The molecule has 1 fully saturated rings. The lowest BCUT2D eigenvalue weighted by Gasteiger charge is -2.13. The van der Waals surface area contributed by atoms with Crippen LogP contribution in [0.25, 0.3) is 0 Å². The van der Waals surface area contributed by atoms with Gasteiger partial charge in [-0.1, -0.05) is 12.1 Å². The molecule has 0 aromatic heterocycles. The summed E-state index contributed by atoms with van der Waals surface area (Å²) < 4.78 is 18.3. The molecule has 1 aliphatic carbocycles. The van der Waals surface area contributed by atoms with Crippen LogP contribution in [0.3, 0.4) is 0 Å². The summed E-state index contributed by atoms with van der Waals surface area (Å²) >= 11 is 0. The monoisotopic (exact) mass is 308 g/mol. The molecule has 1 aliphatic rings. The Morgan fingerprint density at radius 2 is 2.00 bits per heavy atom. The molecular weight excluding hydrogens is 291 g/mol. The molecule has 6 nitrogen and oxygen atoms in total. The number of hydrogen-bond donors (Lipinski definition) is 2. The highest BCUT2D eigenvalue weighted by Crippen LogP contribution is 2.18. The van der Waals surface area contributed by atoms with Crippen molar-refractivity contribution in [1.29, 1.82) is 0 Å². The van der Waals surface area contributed by atoms with Gasteiger partial charge in [-0.05, 0) is 31.9 Å². The highest BCUT2D eigenvalue weighted by molar-refractivity contribution is 5.96. The van der Waals surface area contributed by atoms with Gasteiger partial charge in [0.1, 0.15) is 12.4 Å². The first kappa shape index (κ1) is 15.9. The Labute approximate surface area is 127 Å². The number of carbonyl (C=O) groups is 3. The molecule has 2 N–H and O–H groups in total. The van der Waals surface area contributed by atoms with Crippen molar-refractivity contribution in [2.45, 2.75) is 31.9 Å². The van der Waals surface area contributed by atoms with Gasteiger partial charge in [-0.3, -0.25) is 14.4 Å². The summed E-state index contributed by atoms with van der Waals surface area (Å²) in [5.41, 5.74) is -0.158. The van der Waals surface area contributed by atoms with Gasteiger partial charge in [0, 0.05) is 6.04 Å². The van der Waals surface area contributed by atoms with Gasteiger partial charge in [-0.2, -0.15) is 0 Å². The second kappa shape index (κ2) is 7.02. The molecule has 0 unspecified atom stereocenters. The van der Waals surface area contributed by atoms with Crippen LogP contribution >= 0.6 is 0 Å². The summed E-state index contributed by atoms with van der Waals surface area (Å²) in [5, 5.41) is 4.96. The number of amides is 2. The SMILES string of the molecule is C[C@H](OC(=O)CNC(=O)c1ccccc1F)C(=O)NC1CC1. The fraction of sp³-hybridized carbons (Fsp3) is 0.400. The third kappa shape index (κ3) is 4.54. The van der Waals surface area contributed by atoms with Crippen molar-refractivity contribution in [2.75, 3.05) is 6.54 Å². The van der Waals surface area contributed by atoms with Crippen molar-refractivity contribution >= 4 is 17.8 Å². The number of nitrogens with one attached hydrogen (secondary N) is 2. The van der Waals surface area contributed by atoms with E-state index in [2.05, 4.69) is 10.6 Å². The van der Waals surface area contributed by atoms with Gasteiger partial charge in [0.25, 0.3) is 11.8 Å². The Bertz CT molecular complexity index is 587. The minimum atomic E-state index is -0.932. The Kier molecular flexibility index (Phi) is 5.08. The minimum absolute atomic E-state index is 0.158. The molecule has 118 valence electrons. The summed E-state index contributed by atoms with van der Waals surface area (Å²) in [6.45, 7) is 1.02. The minimum Gasteiger partial charge on any atom is -0.451 e. The van der Waals surface area contributed by atoms with Crippen LogP contribution in [0.15, 0.2) is 24.3 Å². The van der Waals surface area contributed by atoms with Gasteiger partial charge < -0.3 is 15.4 Å². The van der Waals surface area contributed by atoms with Crippen LogP contribution in [-0.2, 0) is 14.3 Å². The number of benzene rings is 1. The summed E-state index contributed by atoms with van der Waals surface area (Å²) in [4.78, 5) is 34.9. The van der Waals surface area contributed by atoms with Crippen molar-refractivity contribution in [1.82, 2.24) is 10.6 Å². The number of ether oxygens (including phenoxy) is 1. The average Bonchev–Trinajstić information content (AvgIpc) is 3.29. The molecule has 0 aliphatic heterocycles. The lowest BCUT2D eigenvalue weighted by molar-refractivity contribution is -0.153. The topological polar surface area (TPSA) is 84.5 Å². The number of rotatable bonds is 6. The molecular formula is C15H17FN2O4. The van der Waals surface area contributed by atoms with E-state index in [0.717, 1.165) is 18.9 Å². The summed E-state index contributed by atoms with van der Waals surface area (Å²) in [6.07, 6.45) is 0.939. The van der Waals surface area contributed by atoms with Crippen molar-refractivity contribution in [3.8, 4) is 0 Å². The van der Waals surface area contributed by atoms with Gasteiger partial charge in [0.2, 0.25) is 0 Å². The largest absolute Gasteiger partial charge is 0.451 e. The smallest absolute Gasteiger partial charge is 0.326 e. The van der Waals surface area contributed by atoms with Crippen LogP contribution in [0.5, 0.6) is 0 Å². The maximum atomic E-state index is 13.4. The molecule has 1 saturated carbocycles. The molecule has 1 aromatic carbocycles. The molecule has 22 heavy (non-hydrogen) atoms. The van der Waals surface area contributed by atoms with Gasteiger partial charge in [-0.25, -0.2) is 4.39 Å². The first-order valence-corrected chi connectivity index (χ1v) is 7.00. The van der Waals surface area contributed by atoms with Crippen molar-refractivity contribution in [3.63, 3.8) is 0 Å². The lowest BCUT2D eigenvalue weighted by atomic mass is 10.2. The average molecular weight is 308 g/mol. The fourth-order valence-electron chi connectivity index (χ4n) is 1.73. The van der Waals surface area contributed by atoms with Crippen molar-refractivity contribution < 1.29 is 23.5 Å². The quantitative estimate of drug-likeness (QED) is 0.760. The Balaban J connectivity index is 1.76. The van der Waals surface area contributed by atoms with E-state index in [1.807, 2.05) is 0 Å². The summed E-state index contributed by atoms with van der Waals surface area (Å²) in [5.74, 6) is -2.52. The first-order chi connectivity index (χ1) is 10.5. The Hall–Kier alpha value is -2.44. The number of esters is 1. The Morgan fingerprint density at radius 1 is 1.32 bits per heavy atom. The molecule has 2 amide bonds. The van der Waals surface area contributed by atoms with E-state index in [9.17, 15) is 18.8 Å². The van der Waals surface area contributed by atoms with Gasteiger partial charge in [-0.15, -0.1) is 0 Å². The Morgan fingerprint density at radius 3 is 2.64 bits per heavy atom.